The van der Waals surface area contributed by atoms with Crippen molar-refractivity contribution in [1.29, 1.82) is 0 Å². The third kappa shape index (κ3) is 9.24. The summed E-state index contributed by atoms with van der Waals surface area (Å²) in [5.41, 5.74) is 3.77. The minimum absolute atomic E-state index is 0.0881. The Kier molecular flexibility index (Phi) is 12.6. The zero-order valence-corrected chi connectivity index (χ0v) is 27.0. The van der Waals surface area contributed by atoms with Crippen molar-refractivity contribution >= 4 is 11.5 Å². The van der Waals surface area contributed by atoms with Crippen molar-refractivity contribution in [2.75, 3.05) is 47.0 Å². The van der Waals surface area contributed by atoms with Crippen LogP contribution in [-0.2, 0) is 4.79 Å². The predicted octanol–water partition coefficient (Wildman–Crippen LogP) is 6.72. The second-order valence-electron chi connectivity index (χ2n) is 11.0. The van der Waals surface area contributed by atoms with E-state index in [2.05, 4.69) is 29.6 Å². The predicted molar refractivity (Wildman–Crippen MR) is 178 cm³/mol. The van der Waals surface area contributed by atoms with E-state index in [0.29, 0.717) is 37.4 Å². The largest absolute Gasteiger partial charge is 0.511 e. The number of allylic oxidation sites excluding steroid dienone is 7. The van der Waals surface area contributed by atoms with Gasteiger partial charge in [-0.1, -0.05) is 49.9 Å². The van der Waals surface area contributed by atoms with Crippen LogP contribution in [0.2, 0.25) is 0 Å². The zero-order valence-electron chi connectivity index (χ0n) is 27.0. The topological polar surface area (TPSA) is 71.2 Å². The van der Waals surface area contributed by atoms with Gasteiger partial charge in [-0.15, -0.1) is 0 Å². The highest BCUT2D eigenvalue weighted by Crippen LogP contribution is 2.39. The minimum atomic E-state index is -0.572. The van der Waals surface area contributed by atoms with Crippen LogP contribution in [0.5, 0.6) is 17.2 Å². The second kappa shape index (κ2) is 16.4. The van der Waals surface area contributed by atoms with Crippen LogP contribution >= 0.6 is 0 Å². The first-order valence-electron chi connectivity index (χ1n) is 15.0. The molecule has 1 aliphatic carbocycles. The average molecular weight is 600 g/mol. The summed E-state index contributed by atoms with van der Waals surface area (Å²) in [6.45, 7) is 19.4. The molecule has 2 atom stereocenters. The maximum Gasteiger partial charge on any atom is 0.178 e. The van der Waals surface area contributed by atoms with E-state index < -0.39 is 5.92 Å². The molecule has 0 heterocycles. The van der Waals surface area contributed by atoms with Crippen molar-refractivity contribution in [3.63, 3.8) is 0 Å². The summed E-state index contributed by atoms with van der Waals surface area (Å²) in [7, 11) is 3.63. The Balaban J connectivity index is 1.50. The van der Waals surface area contributed by atoms with Crippen LogP contribution in [0.25, 0.3) is 0 Å². The van der Waals surface area contributed by atoms with Crippen molar-refractivity contribution in [3.8, 4) is 17.2 Å². The highest BCUT2D eigenvalue weighted by atomic mass is 16.5. The maximum absolute atomic E-state index is 13.0. The van der Waals surface area contributed by atoms with Crippen molar-refractivity contribution in [1.82, 2.24) is 4.90 Å². The summed E-state index contributed by atoms with van der Waals surface area (Å²) >= 11 is 0. The van der Waals surface area contributed by atoms with Gasteiger partial charge in [0.1, 0.15) is 43.3 Å². The standard InChI is InChI=1S/C37H46N2O5/c1-9-39(23-25-44-32-16-10-26(2)11-17-32)30(6)15-13-28(4)35-36(40)34(37(35)41)27(3)12-14-29(5)38(7)22-24-43-33-20-18-31(42-8)19-21-33/h10-21,27,34H,4,6,9,22-25H2,1-3,5,7-8H3/p+1/b14-12-,15-13-,38-29?. The number of ketones is 1. The molecule has 44 heavy (non-hydrogen) atoms. The molecule has 1 aliphatic rings. The van der Waals surface area contributed by atoms with Crippen LogP contribution in [0.4, 0.5) is 0 Å². The molecule has 0 aliphatic heterocycles. The Bertz CT molecular complexity index is 1430. The van der Waals surface area contributed by atoms with Gasteiger partial charge in [0.2, 0.25) is 0 Å². The molecule has 234 valence electrons. The van der Waals surface area contributed by atoms with Gasteiger partial charge in [-0.05, 0) is 67.8 Å². The molecule has 0 saturated carbocycles. The van der Waals surface area contributed by atoms with E-state index in [4.69, 9.17) is 14.2 Å². The van der Waals surface area contributed by atoms with Crippen LogP contribution in [0.1, 0.15) is 26.3 Å². The van der Waals surface area contributed by atoms with E-state index in [0.717, 1.165) is 35.2 Å². The molecule has 2 aromatic rings. The first-order valence-corrected chi connectivity index (χ1v) is 15.0. The second-order valence-corrected chi connectivity index (χ2v) is 11.0. The summed E-state index contributed by atoms with van der Waals surface area (Å²) in [5, 5.41) is 10.8. The van der Waals surface area contributed by atoms with E-state index in [9.17, 15) is 9.90 Å². The summed E-state index contributed by atoms with van der Waals surface area (Å²) in [6, 6.07) is 15.5. The van der Waals surface area contributed by atoms with Gasteiger partial charge in [-0.25, -0.2) is 4.58 Å². The number of carbonyl (C=O) groups excluding carboxylic acids is 1. The Morgan fingerprint density at radius 3 is 2.18 bits per heavy atom. The van der Waals surface area contributed by atoms with Crippen LogP contribution < -0.4 is 14.2 Å². The van der Waals surface area contributed by atoms with E-state index in [1.807, 2.05) is 94.6 Å². The number of likely N-dealkylation sites (N-methyl/N-ethyl adjacent to an activating group) is 2. The molecule has 0 aromatic heterocycles. The summed E-state index contributed by atoms with van der Waals surface area (Å²) in [4.78, 5) is 15.1. The van der Waals surface area contributed by atoms with Crippen molar-refractivity contribution in [2.24, 2.45) is 11.8 Å². The first kappa shape index (κ1) is 34.0. The van der Waals surface area contributed by atoms with Gasteiger partial charge in [0, 0.05) is 25.2 Å². The third-order valence-electron chi connectivity index (χ3n) is 7.84. The molecule has 7 heteroatoms. The minimum Gasteiger partial charge on any atom is -0.511 e. The number of methoxy groups -OCH3 is 1. The fourth-order valence-corrected chi connectivity index (χ4v) is 4.77. The fourth-order valence-electron chi connectivity index (χ4n) is 4.77. The molecule has 1 N–H and O–H groups in total. The van der Waals surface area contributed by atoms with Crippen LogP contribution in [0, 0.1) is 18.8 Å². The quantitative estimate of drug-likeness (QED) is 0.124. The normalized spacial score (nSPS) is 16.0. The Morgan fingerprint density at radius 2 is 1.59 bits per heavy atom. The third-order valence-corrected chi connectivity index (χ3v) is 7.84. The lowest BCUT2D eigenvalue weighted by Gasteiger charge is -2.31. The average Bonchev–Trinajstić information content (AvgIpc) is 3.02. The molecule has 0 saturated heterocycles. The number of nitrogens with zero attached hydrogens (tertiary/aromatic N) is 2. The molecule has 0 radical (unpaired) electrons. The van der Waals surface area contributed by atoms with Crippen LogP contribution in [-0.4, -0.2) is 73.1 Å². The van der Waals surface area contributed by atoms with Crippen molar-refractivity contribution in [3.05, 3.63) is 114 Å². The highest BCUT2D eigenvalue weighted by Gasteiger charge is 2.42. The number of aryl methyl sites for hydroxylation is 1. The lowest BCUT2D eigenvalue weighted by molar-refractivity contribution is -0.498. The summed E-state index contributed by atoms with van der Waals surface area (Å²) < 4.78 is 18.9. The van der Waals surface area contributed by atoms with E-state index in [-0.39, 0.29) is 17.5 Å². The van der Waals surface area contributed by atoms with Gasteiger partial charge in [0.05, 0.1) is 25.1 Å². The SMILES string of the molecule is C=C(/C=C\C(=C)N(CC)CCOc1ccc(C)cc1)C1=C(O)C(C(C)/C=C\C(C)=[N+](C)CCOc2ccc(OC)cc2)C1=O. The van der Waals surface area contributed by atoms with Crippen molar-refractivity contribution < 1.29 is 28.7 Å². The number of rotatable bonds is 17. The first-order chi connectivity index (χ1) is 21.0. The van der Waals surface area contributed by atoms with Gasteiger partial charge >= 0.3 is 0 Å². The van der Waals surface area contributed by atoms with Crippen LogP contribution in [0.3, 0.4) is 0 Å². The van der Waals surface area contributed by atoms with Gasteiger partial charge < -0.3 is 24.2 Å². The summed E-state index contributed by atoms with van der Waals surface area (Å²) in [6.07, 6.45) is 7.52. The highest BCUT2D eigenvalue weighted by molar-refractivity contribution is 6.10. The monoisotopic (exact) mass is 599 g/mol. The number of hydrogen-bond donors (Lipinski definition) is 1. The van der Waals surface area contributed by atoms with Gasteiger partial charge in [-0.2, -0.15) is 0 Å². The Morgan fingerprint density at radius 1 is 1.00 bits per heavy atom. The molecule has 2 unspecified atom stereocenters. The molecule has 0 fully saturated rings. The van der Waals surface area contributed by atoms with Gasteiger partial charge in [0.25, 0.3) is 0 Å². The summed E-state index contributed by atoms with van der Waals surface area (Å²) in [5.74, 6) is 1.66. The fraction of sp³-hybridized carbons (Fsp3) is 0.351. The molecule has 3 rings (SSSR count). The number of ether oxygens (including phenoxy) is 3. The smallest absolute Gasteiger partial charge is 0.178 e. The molecular formula is C37H47N2O5+. The molecule has 0 spiro atoms. The molecular weight excluding hydrogens is 552 g/mol. The lowest BCUT2D eigenvalue weighted by atomic mass is 9.72. The molecule has 2 aromatic carbocycles. The number of hydrogen-bond acceptors (Lipinski definition) is 6. The molecule has 7 nitrogen and oxygen atoms in total. The van der Waals surface area contributed by atoms with Crippen LogP contribution in [0.15, 0.2) is 109 Å². The van der Waals surface area contributed by atoms with E-state index in [1.165, 1.54) is 5.56 Å². The number of carbonyl (C=O) groups is 1. The number of benzene rings is 2. The van der Waals surface area contributed by atoms with Gasteiger partial charge in [0.15, 0.2) is 18.0 Å². The Hall–Kier alpha value is -4.52. The zero-order chi connectivity index (χ0) is 32.2. The van der Waals surface area contributed by atoms with Gasteiger partial charge in [-0.3, -0.25) is 4.79 Å². The molecule has 0 amide bonds. The van der Waals surface area contributed by atoms with Crippen molar-refractivity contribution in [2.45, 2.75) is 27.7 Å². The lowest BCUT2D eigenvalue weighted by Crippen LogP contribution is -2.36. The maximum atomic E-state index is 13.0. The molecule has 0 bridgehead atoms. The number of aliphatic hydroxyl groups excluding tert-OH is 1. The van der Waals surface area contributed by atoms with E-state index in [1.54, 1.807) is 13.2 Å². The Labute approximate surface area is 262 Å². The van der Waals surface area contributed by atoms with E-state index >= 15 is 0 Å². The number of Topliss-reactive ketones (excluding diaryl/α,β-unsaturated/α-hetero) is 1. The number of aliphatic hydroxyl groups is 1.